The van der Waals surface area contributed by atoms with E-state index < -0.39 is 0 Å². The minimum Gasteiger partial charge on any atom is -0.318 e. The molecule has 78 valence electrons. The van der Waals surface area contributed by atoms with Crippen molar-refractivity contribution in [3.63, 3.8) is 0 Å². The third kappa shape index (κ3) is 3.65. The highest BCUT2D eigenvalue weighted by atomic mass is 15.2. The number of likely N-dealkylation sites (N-methyl/N-ethyl adjacent to an activating group) is 1. The highest BCUT2D eigenvalue weighted by Gasteiger charge is 2.22. The Morgan fingerprint density at radius 3 is 2.85 bits per heavy atom. The fourth-order valence-corrected chi connectivity index (χ4v) is 2.08. The molecule has 0 aliphatic carbocycles. The summed E-state index contributed by atoms with van der Waals surface area (Å²) in [5.74, 6) is 0.843. The first-order chi connectivity index (χ1) is 6.24. The Balaban J connectivity index is 2.22. The van der Waals surface area contributed by atoms with Crippen LogP contribution in [0, 0.1) is 5.92 Å². The lowest BCUT2D eigenvalue weighted by atomic mass is 10.1. The molecule has 1 fully saturated rings. The lowest BCUT2D eigenvalue weighted by Crippen LogP contribution is -2.37. The lowest BCUT2D eigenvalue weighted by Gasteiger charge is -2.24. The number of rotatable bonds is 5. The Kier molecular flexibility index (Phi) is 4.74. The predicted molar refractivity (Wildman–Crippen MR) is 58.0 cm³/mol. The van der Waals surface area contributed by atoms with Crippen molar-refractivity contribution in [1.29, 1.82) is 0 Å². The third-order valence-corrected chi connectivity index (χ3v) is 2.93. The zero-order chi connectivity index (χ0) is 9.68. The number of nitrogens with one attached hydrogen (secondary N) is 1. The summed E-state index contributed by atoms with van der Waals surface area (Å²) in [6.07, 6.45) is 4.13. The van der Waals surface area contributed by atoms with Crippen LogP contribution in [0.15, 0.2) is 0 Å². The Morgan fingerprint density at radius 2 is 2.23 bits per heavy atom. The molecule has 0 aromatic heterocycles. The molecule has 2 heteroatoms. The molecule has 1 atom stereocenters. The molecule has 0 unspecified atom stereocenters. The van der Waals surface area contributed by atoms with Crippen molar-refractivity contribution in [2.75, 3.05) is 26.7 Å². The molecule has 13 heavy (non-hydrogen) atoms. The summed E-state index contributed by atoms with van der Waals surface area (Å²) in [6, 6.07) is 0.809. The number of likely N-dealkylation sites (tertiary alicyclic amines) is 1. The molecule has 0 radical (unpaired) electrons. The summed E-state index contributed by atoms with van der Waals surface area (Å²) < 4.78 is 0. The van der Waals surface area contributed by atoms with Crippen molar-refractivity contribution in [3.8, 4) is 0 Å². The second-order valence-electron chi connectivity index (χ2n) is 4.57. The molecule has 1 rings (SSSR count). The van der Waals surface area contributed by atoms with Crippen LogP contribution in [0.2, 0.25) is 0 Å². The second-order valence-corrected chi connectivity index (χ2v) is 4.57. The largest absolute Gasteiger partial charge is 0.318 e. The van der Waals surface area contributed by atoms with Crippen LogP contribution in [0.5, 0.6) is 0 Å². The number of nitrogens with zero attached hydrogens (tertiary/aromatic N) is 1. The van der Waals surface area contributed by atoms with Crippen LogP contribution in [-0.4, -0.2) is 37.6 Å². The molecule has 0 aromatic carbocycles. The van der Waals surface area contributed by atoms with E-state index in [1.54, 1.807) is 0 Å². The molecule has 1 saturated heterocycles. The van der Waals surface area contributed by atoms with Crippen molar-refractivity contribution in [1.82, 2.24) is 10.2 Å². The van der Waals surface area contributed by atoms with Gasteiger partial charge in [-0.15, -0.1) is 0 Å². The number of hydrogen-bond acceptors (Lipinski definition) is 2. The average molecular weight is 184 g/mol. The molecule has 0 amide bonds. The van der Waals surface area contributed by atoms with Gasteiger partial charge in [-0.25, -0.2) is 0 Å². The maximum absolute atomic E-state index is 3.29. The van der Waals surface area contributed by atoms with Gasteiger partial charge < -0.3 is 5.32 Å². The summed E-state index contributed by atoms with van der Waals surface area (Å²) in [5, 5.41) is 3.29. The van der Waals surface area contributed by atoms with E-state index in [0.717, 1.165) is 18.5 Å². The Morgan fingerprint density at radius 1 is 1.46 bits per heavy atom. The fourth-order valence-electron chi connectivity index (χ4n) is 2.08. The maximum atomic E-state index is 3.29. The van der Waals surface area contributed by atoms with E-state index in [2.05, 4.69) is 31.1 Å². The highest BCUT2D eigenvalue weighted by molar-refractivity contribution is 4.80. The van der Waals surface area contributed by atoms with Gasteiger partial charge in [-0.2, -0.15) is 0 Å². The summed E-state index contributed by atoms with van der Waals surface area (Å²) in [4.78, 5) is 2.65. The van der Waals surface area contributed by atoms with E-state index in [-0.39, 0.29) is 0 Å². The molecule has 1 N–H and O–H groups in total. The molecule has 0 spiro atoms. The first-order valence-electron chi connectivity index (χ1n) is 5.62. The van der Waals surface area contributed by atoms with Crippen LogP contribution < -0.4 is 5.32 Å². The van der Waals surface area contributed by atoms with E-state index in [9.17, 15) is 0 Å². The standard InChI is InChI=1S/C11H24N2/c1-10(2)6-8-13-7-4-5-11(13)9-12-3/h10-12H,4-9H2,1-3H3/t11-/m1/s1. The first kappa shape index (κ1) is 11.0. The van der Waals surface area contributed by atoms with Gasteiger partial charge in [0, 0.05) is 12.6 Å². The van der Waals surface area contributed by atoms with Gasteiger partial charge in [0.1, 0.15) is 0 Å². The quantitative estimate of drug-likeness (QED) is 0.700. The topological polar surface area (TPSA) is 15.3 Å². The molecule has 1 aliphatic heterocycles. The normalized spacial score (nSPS) is 24.5. The van der Waals surface area contributed by atoms with E-state index in [1.807, 2.05) is 0 Å². The smallest absolute Gasteiger partial charge is 0.0220 e. The van der Waals surface area contributed by atoms with Gasteiger partial charge in [-0.05, 0) is 45.3 Å². The number of hydrogen-bond donors (Lipinski definition) is 1. The summed E-state index contributed by atoms with van der Waals surface area (Å²) in [6.45, 7) is 8.40. The molecular weight excluding hydrogens is 160 g/mol. The first-order valence-corrected chi connectivity index (χ1v) is 5.62. The molecule has 0 saturated carbocycles. The van der Waals surface area contributed by atoms with Crippen molar-refractivity contribution in [2.24, 2.45) is 5.92 Å². The van der Waals surface area contributed by atoms with E-state index in [4.69, 9.17) is 0 Å². The zero-order valence-corrected chi connectivity index (χ0v) is 9.34. The Bertz CT molecular complexity index is 134. The summed E-state index contributed by atoms with van der Waals surface area (Å²) in [7, 11) is 2.05. The summed E-state index contributed by atoms with van der Waals surface area (Å²) in [5.41, 5.74) is 0. The van der Waals surface area contributed by atoms with Crippen LogP contribution in [0.1, 0.15) is 33.1 Å². The minimum absolute atomic E-state index is 0.809. The zero-order valence-electron chi connectivity index (χ0n) is 9.34. The van der Waals surface area contributed by atoms with Crippen molar-refractivity contribution in [3.05, 3.63) is 0 Å². The second kappa shape index (κ2) is 5.61. The predicted octanol–water partition coefficient (Wildman–Crippen LogP) is 1.72. The van der Waals surface area contributed by atoms with Gasteiger partial charge in [0.25, 0.3) is 0 Å². The monoisotopic (exact) mass is 184 g/mol. The van der Waals surface area contributed by atoms with E-state index >= 15 is 0 Å². The highest BCUT2D eigenvalue weighted by Crippen LogP contribution is 2.17. The van der Waals surface area contributed by atoms with Crippen LogP contribution >= 0.6 is 0 Å². The third-order valence-electron chi connectivity index (χ3n) is 2.93. The lowest BCUT2D eigenvalue weighted by molar-refractivity contribution is 0.237. The van der Waals surface area contributed by atoms with Gasteiger partial charge in [0.2, 0.25) is 0 Å². The van der Waals surface area contributed by atoms with Crippen molar-refractivity contribution >= 4 is 0 Å². The van der Waals surface area contributed by atoms with Crippen LogP contribution in [-0.2, 0) is 0 Å². The van der Waals surface area contributed by atoms with Gasteiger partial charge in [0.15, 0.2) is 0 Å². The molecule has 0 bridgehead atoms. The maximum Gasteiger partial charge on any atom is 0.0220 e. The minimum atomic E-state index is 0.809. The molecular formula is C11H24N2. The van der Waals surface area contributed by atoms with Gasteiger partial charge in [-0.3, -0.25) is 4.90 Å². The molecule has 2 nitrogen and oxygen atoms in total. The SMILES string of the molecule is CNC[C@H]1CCCN1CCC(C)C. The Hall–Kier alpha value is -0.0800. The molecule has 1 aliphatic rings. The Labute approximate surface area is 82.7 Å². The molecule has 0 aromatic rings. The van der Waals surface area contributed by atoms with Gasteiger partial charge in [-0.1, -0.05) is 13.8 Å². The van der Waals surface area contributed by atoms with Crippen LogP contribution in [0.3, 0.4) is 0 Å². The van der Waals surface area contributed by atoms with Crippen molar-refractivity contribution in [2.45, 2.75) is 39.2 Å². The summed E-state index contributed by atoms with van der Waals surface area (Å²) >= 11 is 0. The van der Waals surface area contributed by atoms with Gasteiger partial charge >= 0.3 is 0 Å². The van der Waals surface area contributed by atoms with E-state index in [0.29, 0.717) is 0 Å². The van der Waals surface area contributed by atoms with Crippen LogP contribution in [0.25, 0.3) is 0 Å². The van der Waals surface area contributed by atoms with Gasteiger partial charge in [0.05, 0.1) is 0 Å². The van der Waals surface area contributed by atoms with E-state index in [1.165, 1.54) is 32.4 Å². The van der Waals surface area contributed by atoms with Crippen molar-refractivity contribution < 1.29 is 0 Å². The fraction of sp³-hybridized carbons (Fsp3) is 1.00. The average Bonchev–Trinajstić information content (AvgIpc) is 2.49. The van der Waals surface area contributed by atoms with Crippen LogP contribution in [0.4, 0.5) is 0 Å². The molecule has 1 heterocycles.